The number of nitrogens with zero attached hydrogens (tertiary/aromatic N) is 2. The number of rotatable bonds is 6. The number of carbonyl (C=O) groups is 2. The van der Waals surface area contributed by atoms with Gasteiger partial charge in [-0.25, -0.2) is 4.79 Å². The van der Waals surface area contributed by atoms with Gasteiger partial charge in [-0.15, -0.1) is 0 Å². The molecule has 0 aliphatic carbocycles. The van der Waals surface area contributed by atoms with Gasteiger partial charge in [0.2, 0.25) is 0 Å². The first kappa shape index (κ1) is 20.6. The molecule has 1 aromatic carbocycles. The van der Waals surface area contributed by atoms with Crippen LogP contribution in [-0.4, -0.2) is 28.1 Å². The minimum atomic E-state index is -0.775. The van der Waals surface area contributed by atoms with Crippen LogP contribution in [0.5, 0.6) is 0 Å². The molecule has 1 aromatic heterocycles. The van der Waals surface area contributed by atoms with Gasteiger partial charge >= 0.3 is 5.97 Å². The number of aromatic nitrogens is 2. The Morgan fingerprint density at radius 3 is 2.52 bits per heavy atom. The van der Waals surface area contributed by atoms with Crippen LogP contribution in [0.4, 0.5) is 0 Å². The average Bonchev–Trinajstić information content (AvgIpc) is 3.06. The van der Waals surface area contributed by atoms with Crippen LogP contribution < -0.4 is 5.32 Å². The van der Waals surface area contributed by atoms with Crippen molar-refractivity contribution in [3.63, 3.8) is 0 Å². The molecule has 0 fully saturated rings. The van der Waals surface area contributed by atoms with Crippen molar-refractivity contribution in [2.75, 3.05) is 0 Å². The Morgan fingerprint density at radius 2 is 1.96 bits per heavy atom. The van der Waals surface area contributed by atoms with Gasteiger partial charge in [-0.05, 0) is 25.0 Å². The van der Waals surface area contributed by atoms with E-state index >= 15 is 0 Å². The van der Waals surface area contributed by atoms with Crippen LogP contribution in [0.3, 0.4) is 0 Å². The minimum absolute atomic E-state index is 0.133. The molecule has 0 saturated heterocycles. The van der Waals surface area contributed by atoms with Gasteiger partial charge in [-0.2, -0.15) is 4.98 Å². The SMILES string of the molecule is Cc1cccc(C(=O)NC(C(=O)OCc2nc(C(C)(C)C)no2)C(C)C)c1. The number of amides is 1. The molecule has 0 saturated carbocycles. The molecular weight excluding hydrogens is 346 g/mol. The van der Waals surface area contributed by atoms with E-state index in [9.17, 15) is 9.59 Å². The number of esters is 1. The van der Waals surface area contributed by atoms with E-state index in [1.165, 1.54) is 0 Å². The third kappa shape index (κ3) is 5.64. The van der Waals surface area contributed by atoms with Crippen molar-refractivity contribution in [3.05, 3.63) is 47.1 Å². The lowest BCUT2D eigenvalue weighted by Crippen LogP contribution is -2.45. The number of benzene rings is 1. The maximum absolute atomic E-state index is 12.5. The van der Waals surface area contributed by atoms with E-state index in [0.29, 0.717) is 11.4 Å². The number of hydrogen-bond acceptors (Lipinski definition) is 6. The van der Waals surface area contributed by atoms with Crippen molar-refractivity contribution < 1.29 is 18.8 Å². The van der Waals surface area contributed by atoms with Gasteiger partial charge in [0.25, 0.3) is 11.8 Å². The van der Waals surface area contributed by atoms with E-state index in [2.05, 4.69) is 15.5 Å². The van der Waals surface area contributed by atoms with Crippen LogP contribution in [0.25, 0.3) is 0 Å². The average molecular weight is 373 g/mol. The molecule has 2 rings (SSSR count). The Kier molecular flexibility index (Phi) is 6.36. The molecule has 0 bridgehead atoms. The lowest BCUT2D eigenvalue weighted by molar-refractivity contribution is -0.149. The van der Waals surface area contributed by atoms with Crippen LogP contribution in [0, 0.1) is 12.8 Å². The molecule has 1 heterocycles. The van der Waals surface area contributed by atoms with Crippen LogP contribution in [0.15, 0.2) is 28.8 Å². The molecule has 0 aliphatic rings. The molecule has 7 nitrogen and oxygen atoms in total. The van der Waals surface area contributed by atoms with E-state index in [4.69, 9.17) is 9.26 Å². The topological polar surface area (TPSA) is 94.3 Å². The van der Waals surface area contributed by atoms with Crippen LogP contribution in [0.1, 0.15) is 62.3 Å². The Morgan fingerprint density at radius 1 is 1.26 bits per heavy atom. The summed E-state index contributed by atoms with van der Waals surface area (Å²) in [5.74, 6) is -0.231. The van der Waals surface area contributed by atoms with E-state index in [1.54, 1.807) is 18.2 Å². The maximum Gasteiger partial charge on any atom is 0.329 e. The van der Waals surface area contributed by atoms with E-state index < -0.39 is 12.0 Å². The molecule has 7 heteroatoms. The summed E-state index contributed by atoms with van der Waals surface area (Å²) in [7, 11) is 0. The zero-order valence-corrected chi connectivity index (χ0v) is 16.7. The monoisotopic (exact) mass is 373 g/mol. The zero-order chi connectivity index (χ0) is 20.2. The van der Waals surface area contributed by atoms with Crippen molar-refractivity contribution in [3.8, 4) is 0 Å². The Balaban J connectivity index is 2.00. The van der Waals surface area contributed by atoms with Crippen molar-refractivity contribution in [1.82, 2.24) is 15.5 Å². The van der Waals surface area contributed by atoms with Gasteiger partial charge in [-0.1, -0.05) is 57.5 Å². The van der Waals surface area contributed by atoms with Crippen molar-refractivity contribution >= 4 is 11.9 Å². The number of hydrogen-bond donors (Lipinski definition) is 1. The Hall–Kier alpha value is -2.70. The summed E-state index contributed by atoms with van der Waals surface area (Å²) in [5, 5.41) is 6.64. The second kappa shape index (κ2) is 8.33. The van der Waals surface area contributed by atoms with Gasteiger partial charge in [-0.3, -0.25) is 4.79 Å². The lowest BCUT2D eigenvalue weighted by Gasteiger charge is -2.20. The summed E-state index contributed by atoms with van der Waals surface area (Å²) in [5.41, 5.74) is 1.21. The molecule has 2 aromatic rings. The minimum Gasteiger partial charge on any atom is -0.454 e. The molecule has 1 unspecified atom stereocenters. The van der Waals surface area contributed by atoms with E-state index in [0.717, 1.165) is 5.56 Å². The predicted octanol–water partition coefficient (Wildman–Crippen LogP) is 3.17. The lowest BCUT2D eigenvalue weighted by atomic mass is 9.96. The summed E-state index contributed by atoms with van der Waals surface area (Å²) in [6.07, 6.45) is 0. The molecule has 0 aliphatic heterocycles. The second-order valence-electron chi connectivity index (χ2n) is 7.93. The molecule has 1 amide bonds. The highest BCUT2D eigenvalue weighted by Crippen LogP contribution is 2.18. The smallest absolute Gasteiger partial charge is 0.329 e. The standard InChI is InChI=1S/C20H27N3O4/c1-12(2)16(22-17(24)14-9-7-8-13(3)10-14)18(25)26-11-15-21-19(23-27-15)20(4,5)6/h7-10,12,16H,11H2,1-6H3,(H,22,24). The number of carbonyl (C=O) groups excluding carboxylic acids is 2. The highest BCUT2D eigenvalue weighted by atomic mass is 16.6. The molecule has 1 N–H and O–H groups in total. The van der Waals surface area contributed by atoms with Gasteiger partial charge in [0.05, 0.1) is 0 Å². The fourth-order valence-corrected chi connectivity index (χ4v) is 2.35. The van der Waals surface area contributed by atoms with Gasteiger partial charge in [0, 0.05) is 11.0 Å². The van der Waals surface area contributed by atoms with E-state index in [-0.39, 0.29) is 29.7 Å². The predicted molar refractivity (Wildman–Crippen MR) is 100 cm³/mol. The number of nitrogens with one attached hydrogen (secondary N) is 1. The Bertz CT molecular complexity index is 806. The third-order valence-corrected chi connectivity index (χ3v) is 3.96. The number of aryl methyl sites for hydroxylation is 1. The van der Waals surface area contributed by atoms with Crippen molar-refractivity contribution in [1.29, 1.82) is 0 Å². The first-order valence-corrected chi connectivity index (χ1v) is 8.95. The fraction of sp³-hybridized carbons (Fsp3) is 0.500. The molecular formula is C20H27N3O4. The highest BCUT2D eigenvalue weighted by Gasteiger charge is 2.27. The molecule has 146 valence electrons. The van der Waals surface area contributed by atoms with Crippen LogP contribution >= 0.6 is 0 Å². The largest absolute Gasteiger partial charge is 0.454 e. The highest BCUT2D eigenvalue weighted by molar-refractivity contribution is 5.97. The second-order valence-corrected chi connectivity index (χ2v) is 7.93. The summed E-state index contributed by atoms with van der Waals surface area (Å²) in [6, 6.07) is 6.40. The summed E-state index contributed by atoms with van der Waals surface area (Å²) in [4.78, 5) is 29.1. The quantitative estimate of drug-likeness (QED) is 0.782. The summed E-state index contributed by atoms with van der Waals surface area (Å²) >= 11 is 0. The zero-order valence-electron chi connectivity index (χ0n) is 16.7. The van der Waals surface area contributed by atoms with Gasteiger partial charge in [0.15, 0.2) is 12.4 Å². The van der Waals surface area contributed by atoms with E-state index in [1.807, 2.05) is 47.6 Å². The molecule has 0 radical (unpaired) electrons. The third-order valence-electron chi connectivity index (χ3n) is 3.96. The fourth-order valence-electron chi connectivity index (χ4n) is 2.35. The molecule has 27 heavy (non-hydrogen) atoms. The van der Waals surface area contributed by atoms with Crippen molar-refractivity contribution in [2.45, 2.75) is 59.6 Å². The summed E-state index contributed by atoms with van der Waals surface area (Å²) < 4.78 is 10.4. The van der Waals surface area contributed by atoms with Crippen LogP contribution in [-0.2, 0) is 21.6 Å². The van der Waals surface area contributed by atoms with Crippen molar-refractivity contribution in [2.24, 2.45) is 5.92 Å². The maximum atomic E-state index is 12.5. The first-order valence-electron chi connectivity index (χ1n) is 8.95. The van der Waals surface area contributed by atoms with Crippen LogP contribution in [0.2, 0.25) is 0 Å². The summed E-state index contributed by atoms with van der Waals surface area (Å²) in [6.45, 7) is 11.3. The Labute approximate surface area is 159 Å². The first-order chi connectivity index (χ1) is 12.6. The normalized spacial score (nSPS) is 12.7. The van der Waals surface area contributed by atoms with Gasteiger partial charge < -0.3 is 14.6 Å². The number of ether oxygens (including phenoxy) is 1. The molecule has 1 atom stereocenters. The van der Waals surface area contributed by atoms with Gasteiger partial charge in [0.1, 0.15) is 6.04 Å². The molecule has 0 spiro atoms.